The van der Waals surface area contributed by atoms with Crippen LogP contribution < -0.4 is 5.32 Å². The third-order valence-electron chi connectivity index (χ3n) is 3.80. The summed E-state index contributed by atoms with van der Waals surface area (Å²) in [5.74, 6) is -0.979. The van der Waals surface area contributed by atoms with Crippen LogP contribution in [0.4, 0.5) is 0 Å². The average molecular weight is 315 g/mol. The number of hydrogen-bond donors (Lipinski definition) is 2. The van der Waals surface area contributed by atoms with Crippen molar-refractivity contribution in [2.45, 2.75) is 33.1 Å². The van der Waals surface area contributed by atoms with Crippen molar-refractivity contribution in [2.75, 3.05) is 6.54 Å². The van der Waals surface area contributed by atoms with Gasteiger partial charge in [-0.1, -0.05) is 43.7 Å². The van der Waals surface area contributed by atoms with Crippen molar-refractivity contribution in [3.8, 4) is 0 Å². The van der Waals surface area contributed by atoms with Crippen LogP contribution in [0, 0.1) is 6.92 Å². The van der Waals surface area contributed by atoms with Gasteiger partial charge in [-0.05, 0) is 18.4 Å². The van der Waals surface area contributed by atoms with E-state index in [1.165, 1.54) is 11.6 Å². The fourth-order valence-electron chi connectivity index (χ4n) is 2.33. The Balaban J connectivity index is 2.02. The number of furan rings is 1. The molecule has 5 heteroatoms. The molecule has 0 bridgehead atoms. The van der Waals surface area contributed by atoms with Crippen LogP contribution in [0.1, 0.15) is 57.6 Å². The lowest BCUT2D eigenvalue weighted by Crippen LogP contribution is -2.27. The van der Waals surface area contributed by atoms with Crippen molar-refractivity contribution in [3.05, 3.63) is 58.5 Å². The fourth-order valence-corrected chi connectivity index (χ4v) is 2.33. The molecule has 1 heterocycles. The monoisotopic (exact) mass is 315 g/mol. The van der Waals surface area contributed by atoms with E-state index in [0.717, 1.165) is 5.56 Å². The Morgan fingerprint density at radius 3 is 2.43 bits per heavy atom. The standard InChI is InChI=1S/C18H21NO4/c1-4-15-14(18(21)22)9-16(23-15)17(20)19-10-12(3)13-7-5-11(2)6-8-13/h5-9,12H,4,10H2,1-3H3,(H,19,20)(H,21,22). The maximum atomic E-state index is 12.1. The predicted octanol–water partition coefficient (Wildman–Crippen LogP) is 3.38. The SMILES string of the molecule is CCc1oc(C(=O)NCC(C)c2ccc(C)cc2)cc1C(=O)O. The Hall–Kier alpha value is -2.56. The summed E-state index contributed by atoms with van der Waals surface area (Å²) in [7, 11) is 0. The molecule has 1 aromatic carbocycles. The molecule has 1 amide bonds. The normalized spacial score (nSPS) is 12.0. The lowest BCUT2D eigenvalue weighted by Gasteiger charge is -2.12. The summed E-state index contributed by atoms with van der Waals surface area (Å²) < 4.78 is 5.35. The van der Waals surface area contributed by atoms with E-state index in [2.05, 4.69) is 5.32 Å². The number of carbonyl (C=O) groups is 2. The third kappa shape index (κ3) is 4.00. The van der Waals surface area contributed by atoms with Gasteiger partial charge in [-0.25, -0.2) is 4.79 Å². The first kappa shape index (κ1) is 16.8. The van der Waals surface area contributed by atoms with Gasteiger partial charge in [0.05, 0.1) is 0 Å². The zero-order chi connectivity index (χ0) is 17.0. The van der Waals surface area contributed by atoms with Gasteiger partial charge >= 0.3 is 5.97 Å². The molecule has 1 aromatic heterocycles. The van der Waals surface area contributed by atoms with Crippen molar-refractivity contribution in [2.24, 2.45) is 0 Å². The molecule has 2 aromatic rings. The number of amides is 1. The summed E-state index contributed by atoms with van der Waals surface area (Å²) in [5, 5.41) is 11.9. The first-order valence-corrected chi connectivity index (χ1v) is 7.63. The van der Waals surface area contributed by atoms with E-state index in [4.69, 9.17) is 9.52 Å². The molecule has 23 heavy (non-hydrogen) atoms. The Morgan fingerprint density at radius 1 is 1.26 bits per heavy atom. The highest BCUT2D eigenvalue weighted by atomic mass is 16.4. The topological polar surface area (TPSA) is 79.5 Å². The molecule has 2 N–H and O–H groups in total. The van der Waals surface area contributed by atoms with Crippen LogP contribution in [0.5, 0.6) is 0 Å². The maximum Gasteiger partial charge on any atom is 0.339 e. The van der Waals surface area contributed by atoms with Gasteiger partial charge in [0.15, 0.2) is 5.76 Å². The molecule has 0 radical (unpaired) electrons. The second kappa shape index (κ2) is 7.13. The number of rotatable bonds is 6. The highest BCUT2D eigenvalue weighted by Crippen LogP contribution is 2.18. The zero-order valence-corrected chi connectivity index (χ0v) is 13.6. The Kier molecular flexibility index (Phi) is 5.21. The lowest BCUT2D eigenvalue weighted by molar-refractivity contribution is 0.0694. The quantitative estimate of drug-likeness (QED) is 0.856. The van der Waals surface area contributed by atoms with E-state index < -0.39 is 11.9 Å². The number of aryl methyl sites for hydroxylation is 2. The highest BCUT2D eigenvalue weighted by molar-refractivity contribution is 5.96. The Labute approximate surface area is 135 Å². The van der Waals surface area contributed by atoms with E-state index in [9.17, 15) is 9.59 Å². The van der Waals surface area contributed by atoms with Gasteiger partial charge in [0.1, 0.15) is 11.3 Å². The van der Waals surface area contributed by atoms with Crippen molar-refractivity contribution in [1.29, 1.82) is 0 Å². The molecular formula is C18H21NO4. The number of carboxylic acids is 1. The van der Waals surface area contributed by atoms with Gasteiger partial charge in [-0.15, -0.1) is 0 Å². The molecule has 0 spiro atoms. The van der Waals surface area contributed by atoms with Crippen LogP contribution in [0.2, 0.25) is 0 Å². The molecule has 1 atom stereocenters. The van der Waals surface area contributed by atoms with Gasteiger partial charge in [0.2, 0.25) is 0 Å². The van der Waals surface area contributed by atoms with Gasteiger partial charge in [0, 0.05) is 19.0 Å². The molecule has 1 unspecified atom stereocenters. The number of aromatic carboxylic acids is 1. The Morgan fingerprint density at radius 2 is 1.91 bits per heavy atom. The van der Waals surface area contributed by atoms with Crippen LogP contribution in [0.3, 0.4) is 0 Å². The number of nitrogens with one attached hydrogen (secondary N) is 1. The van der Waals surface area contributed by atoms with Crippen LogP contribution in [-0.2, 0) is 6.42 Å². The smallest absolute Gasteiger partial charge is 0.339 e. The highest BCUT2D eigenvalue weighted by Gasteiger charge is 2.20. The molecule has 0 aliphatic heterocycles. The summed E-state index contributed by atoms with van der Waals surface area (Å²) >= 11 is 0. The van der Waals surface area contributed by atoms with Crippen molar-refractivity contribution >= 4 is 11.9 Å². The first-order valence-electron chi connectivity index (χ1n) is 7.63. The maximum absolute atomic E-state index is 12.1. The van der Waals surface area contributed by atoms with Gasteiger partial charge < -0.3 is 14.8 Å². The molecule has 0 saturated heterocycles. The van der Waals surface area contributed by atoms with Gasteiger partial charge in [0.25, 0.3) is 5.91 Å². The number of hydrogen-bond acceptors (Lipinski definition) is 3. The van der Waals surface area contributed by atoms with E-state index in [-0.39, 0.29) is 17.2 Å². The Bertz CT molecular complexity index is 700. The minimum Gasteiger partial charge on any atom is -0.478 e. The van der Waals surface area contributed by atoms with Crippen LogP contribution in [0.25, 0.3) is 0 Å². The molecule has 2 rings (SSSR count). The second-order valence-corrected chi connectivity index (χ2v) is 5.63. The van der Waals surface area contributed by atoms with E-state index in [1.54, 1.807) is 6.92 Å². The minimum absolute atomic E-state index is 0.0374. The van der Waals surface area contributed by atoms with E-state index in [1.807, 2.05) is 38.1 Å². The zero-order valence-electron chi connectivity index (χ0n) is 13.6. The summed E-state index contributed by atoms with van der Waals surface area (Å²) in [6, 6.07) is 9.43. The molecule has 0 fully saturated rings. The number of carboxylic acid groups (broad SMARTS) is 1. The predicted molar refractivity (Wildman–Crippen MR) is 87.0 cm³/mol. The van der Waals surface area contributed by atoms with Crippen molar-refractivity contribution < 1.29 is 19.1 Å². The molecule has 5 nitrogen and oxygen atoms in total. The molecule has 0 aliphatic rings. The van der Waals surface area contributed by atoms with Crippen molar-refractivity contribution in [3.63, 3.8) is 0 Å². The summed E-state index contributed by atoms with van der Waals surface area (Å²) in [5.41, 5.74) is 2.37. The van der Waals surface area contributed by atoms with Crippen molar-refractivity contribution in [1.82, 2.24) is 5.32 Å². The average Bonchev–Trinajstić information content (AvgIpc) is 2.97. The first-order chi connectivity index (χ1) is 10.9. The summed E-state index contributed by atoms with van der Waals surface area (Å²) in [6.45, 7) is 6.28. The fraction of sp³-hybridized carbons (Fsp3) is 0.333. The number of carbonyl (C=O) groups excluding carboxylic acids is 1. The van der Waals surface area contributed by atoms with Crippen LogP contribution >= 0.6 is 0 Å². The summed E-state index contributed by atoms with van der Waals surface area (Å²) in [4.78, 5) is 23.2. The molecule has 0 aliphatic carbocycles. The van der Waals surface area contributed by atoms with Gasteiger partial charge in [-0.3, -0.25) is 4.79 Å². The lowest BCUT2D eigenvalue weighted by atomic mass is 10.00. The summed E-state index contributed by atoms with van der Waals surface area (Å²) in [6.07, 6.45) is 0.425. The molecule has 122 valence electrons. The largest absolute Gasteiger partial charge is 0.478 e. The molecule has 0 saturated carbocycles. The molecular weight excluding hydrogens is 294 g/mol. The third-order valence-corrected chi connectivity index (χ3v) is 3.80. The minimum atomic E-state index is -1.09. The van der Waals surface area contributed by atoms with E-state index in [0.29, 0.717) is 18.7 Å². The van der Waals surface area contributed by atoms with E-state index >= 15 is 0 Å². The number of benzene rings is 1. The van der Waals surface area contributed by atoms with Crippen LogP contribution in [-0.4, -0.2) is 23.5 Å². The van der Waals surface area contributed by atoms with Gasteiger partial charge in [-0.2, -0.15) is 0 Å². The second-order valence-electron chi connectivity index (χ2n) is 5.63. The van der Waals surface area contributed by atoms with Crippen LogP contribution in [0.15, 0.2) is 34.7 Å².